The lowest BCUT2D eigenvalue weighted by Gasteiger charge is -2.21. The predicted octanol–water partition coefficient (Wildman–Crippen LogP) is 3.16. The number of rotatable bonds is 10. The highest BCUT2D eigenvalue weighted by Gasteiger charge is 2.44. The van der Waals surface area contributed by atoms with Crippen molar-refractivity contribution in [2.75, 3.05) is 25.9 Å². The second-order valence-corrected chi connectivity index (χ2v) is 13.0. The summed E-state index contributed by atoms with van der Waals surface area (Å²) in [6, 6.07) is 8.90. The van der Waals surface area contributed by atoms with Gasteiger partial charge in [0.2, 0.25) is 15.7 Å². The van der Waals surface area contributed by atoms with Crippen molar-refractivity contribution in [1.82, 2.24) is 4.31 Å². The van der Waals surface area contributed by atoms with Crippen LogP contribution in [0.15, 0.2) is 35.2 Å². The summed E-state index contributed by atoms with van der Waals surface area (Å²) in [4.78, 5) is 11.4. The second-order valence-electron chi connectivity index (χ2n) is 9.42. The van der Waals surface area contributed by atoms with Gasteiger partial charge in [0.25, 0.3) is 0 Å². The summed E-state index contributed by atoms with van der Waals surface area (Å²) >= 11 is 0. The smallest absolute Gasteiger partial charge is 0.243 e. The van der Waals surface area contributed by atoms with Crippen LogP contribution in [0.5, 0.6) is 0 Å². The molecule has 0 atom stereocenters. The van der Waals surface area contributed by atoms with E-state index in [1.165, 1.54) is 18.3 Å². The molecule has 2 aromatic carbocycles. The van der Waals surface area contributed by atoms with Crippen LogP contribution >= 0.6 is 0 Å². The van der Waals surface area contributed by atoms with Crippen molar-refractivity contribution in [2.24, 2.45) is 0 Å². The van der Waals surface area contributed by atoms with Crippen LogP contribution in [0, 0.1) is 0 Å². The Morgan fingerprint density at radius 3 is 2.35 bits per heavy atom. The Hall–Kier alpha value is -2.14. The standard InChI is InChI=1S/C24H32N2O6S2/c1-17(27)9-7-14-25(5)34(31,32)22-11-6-10-20-19(22)12-13-21-23(20)24(3,4)18(2)26(21)15-8-16-33(28,29)30/h6,10-13H,7-9,14-16H2,1-5H3. The third-order valence-electron chi connectivity index (χ3n) is 6.69. The molecule has 1 heterocycles. The lowest BCUT2D eigenvalue weighted by molar-refractivity contribution is -0.438. The fraction of sp³-hybridized carbons (Fsp3) is 0.500. The third kappa shape index (κ3) is 5.10. The first kappa shape index (κ1) is 26.5. The number of carbonyl (C=O) groups is 1. The molecule has 0 unspecified atom stereocenters. The van der Waals surface area contributed by atoms with Crippen molar-refractivity contribution >= 4 is 48.1 Å². The zero-order valence-electron chi connectivity index (χ0n) is 20.3. The van der Waals surface area contributed by atoms with Crippen molar-refractivity contribution in [3.05, 3.63) is 35.9 Å². The average Bonchev–Trinajstić information content (AvgIpc) is 2.92. The first-order valence-corrected chi connectivity index (χ1v) is 14.3. The van der Waals surface area contributed by atoms with Crippen molar-refractivity contribution < 1.29 is 30.8 Å². The molecular weight excluding hydrogens is 476 g/mol. The number of nitrogens with zero attached hydrogens (tertiary/aromatic N) is 2. The summed E-state index contributed by atoms with van der Waals surface area (Å²) in [5.74, 6) is -0.406. The monoisotopic (exact) mass is 508 g/mol. The number of ketones is 1. The molecule has 1 aliphatic heterocycles. The summed E-state index contributed by atoms with van der Waals surface area (Å²) < 4.78 is 63.3. The van der Waals surface area contributed by atoms with Gasteiger partial charge in [0.15, 0.2) is 5.71 Å². The fourth-order valence-electron chi connectivity index (χ4n) is 4.65. The maximum Gasteiger partial charge on any atom is 0.243 e. The molecule has 2 aromatic rings. The molecule has 186 valence electrons. The summed E-state index contributed by atoms with van der Waals surface area (Å²) in [5.41, 5.74) is 2.46. The van der Waals surface area contributed by atoms with E-state index in [1.807, 2.05) is 23.6 Å². The Morgan fingerprint density at radius 1 is 1.06 bits per heavy atom. The van der Waals surface area contributed by atoms with E-state index in [1.54, 1.807) is 18.2 Å². The van der Waals surface area contributed by atoms with Crippen LogP contribution in [0.1, 0.15) is 52.5 Å². The second kappa shape index (κ2) is 9.49. The Morgan fingerprint density at radius 2 is 1.74 bits per heavy atom. The fourth-order valence-corrected chi connectivity index (χ4v) is 6.54. The molecule has 34 heavy (non-hydrogen) atoms. The van der Waals surface area contributed by atoms with Gasteiger partial charge in [-0.3, -0.25) is 0 Å². The maximum absolute atomic E-state index is 13.4. The van der Waals surface area contributed by atoms with Crippen LogP contribution in [-0.2, 0) is 30.4 Å². The van der Waals surface area contributed by atoms with Gasteiger partial charge in [0.1, 0.15) is 12.3 Å². The predicted molar refractivity (Wildman–Crippen MR) is 131 cm³/mol. The number of carbonyl (C=O) groups excluding carboxylic acids is 1. The van der Waals surface area contributed by atoms with Crippen LogP contribution in [0.3, 0.4) is 0 Å². The molecule has 0 saturated heterocycles. The van der Waals surface area contributed by atoms with E-state index in [0.29, 0.717) is 24.8 Å². The Balaban J connectivity index is 2.05. The minimum absolute atomic E-state index is 0.0257. The van der Waals surface area contributed by atoms with Gasteiger partial charge in [0, 0.05) is 56.1 Å². The van der Waals surface area contributed by atoms with E-state index in [9.17, 15) is 26.2 Å². The minimum Gasteiger partial charge on any atom is -0.748 e. The average molecular weight is 509 g/mol. The molecule has 0 spiro atoms. The molecule has 1 aliphatic rings. The van der Waals surface area contributed by atoms with Gasteiger partial charge < -0.3 is 9.35 Å². The molecule has 0 aromatic heterocycles. The van der Waals surface area contributed by atoms with Crippen LogP contribution in [0.25, 0.3) is 10.8 Å². The quantitative estimate of drug-likeness (QED) is 0.360. The Labute approximate surface area is 202 Å². The molecule has 0 fully saturated rings. The summed E-state index contributed by atoms with van der Waals surface area (Å²) in [6.07, 6.45) is 0.992. The van der Waals surface area contributed by atoms with E-state index in [4.69, 9.17) is 0 Å². The van der Waals surface area contributed by atoms with Gasteiger partial charge in [-0.05, 0) is 44.7 Å². The van der Waals surface area contributed by atoms with Crippen molar-refractivity contribution in [3.63, 3.8) is 0 Å². The van der Waals surface area contributed by atoms with Gasteiger partial charge in [-0.15, -0.1) is 0 Å². The molecule has 8 nitrogen and oxygen atoms in total. The van der Waals surface area contributed by atoms with E-state index in [2.05, 4.69) is 13.8 Å². The number of sulfonamides is 1. The van der Waals surface area contributed by atoms with E-state index in [0.717, 1.165) is 22.3 Å². The minimum atomic E-state index is -4.29. The van der Waals surface area contributed by atoms with E-state index in [-0.39, 0.29) is 23.6 Å². The zero-order chi connectivity index (χ0) is 25.5. The van der Waals surface area contributed by atoms with Crippen LogP contribution in [-0.4, -0.2) is 67.7 Å². The van der Waals surface area contributed by atoms with Gasteiger partial charge >= 0.3 is 0 Å². The largest absolute Gasteiger partial charge is 0.748 e. The highest BCUT2D eigenvalue weighted by atomic mass is 32.2. The number of hydrogen-bond acceptors (Lipinski definition) is 6. The molecule has 0 N–H and O–H groups in total. The highest BCUT2D eigenvalue weighted by Crippen LogP contribution is 2.45. The zero-order valence-corrected chi connectivity index (χ0v) is 21.9. The van der Waals surface area contributed by atoms with E-state index < -0.39 is 31.3 Å². The molecule has 0 radical (unpaired) electrons. The van der Waals surface area contributed by atoms with E-state index >= 15 is 0 Å². The number of hydrogen-bond donors (Lipinski definition) is 0. The summed E-state index contributed by atoms with van der Waals surface area (Å²) in [6.45, 7) is 8.20. The maximum atomic E-state index is 13.4. The molecule has 10 heteroatoms. The Kier molecular flexibility index (Phi) is 7.38. The van der Waals surface area contributed by atoms with Gasteiger partial charge in [0.05, 0.1) is 20.4 Å². The number of Topliss-reactive ketones (excluding diaryl/α,β-unsaturated/α-hetero) is 1. The van der Waals surface area contributed by atoms with Crippen molar-refractivity contribution in [2.45, 2.75) is 57.3 Å². The number of benzene rings is 2. The first-order chi connectivity index (χ1) is 15.7. The molecule has 0 aliphatic carbocycles. The third-order valence-corrected chi connectivity index (χ3v) is 9.39. The topological polar surface area (TPSA) is 115 Å². The van der Waals surface area contributed by atoms with Crippen LogP contribution in [0.2, 0.25) is 0 Å². The lowest BCUT2D eigenvalue weighted by atomic mass is 9.80. The molecule has 0 bridgehead atoms. The van der Waals surface area contributed by atoms with Gasteiger partial charge in [-0.2, -0.15) is 4.58 Å². The lowest BCUT2D eigenvalue weighted by Crippen LogP contribution is -2.29. The van der Waals surface area contributed by atoms with Gasteiger partial charge in [-0.25, -0.2) is 21.1 Å². The van der Waals surface area contributed by atoms with Crippen molar-refractivity contribution in [1.29, 1.82) is 0 Å². The summed E-state index contributed by atoms with van der Waals surface area (Å²) in [5, 5.41) is 1.43. The Bertz CT molecular complexity index is 1380. The summed E-state index contributed by atoms with van der Waals surface area (Å²) in [7, 11) is -6.54. The van der Waals surface area contributed by atoms with Crippen LogP contribution < -0.4 is 0 Å². The SMILES string of the molecule is CC(=O)CCCN(C)S(=O)(=O)c1cccc2c3c(ccc12)[N+](CCCS(=O)(=O)[O-])=C(C)C3(C)C. The molecule has 0 saturated carbocycles. The first-order valence-electron chi connectivity index (χ1n) is 11.2. The molecular formula is C24H32N2O6S2. The van der Waals surface area contributed by atoms with Crippen molar-refractivity contribution in [3.8, 4) is 0 Å². The van der Waals surface area contributed by atoms with Crippen LogP contribution in [0.4, 0.5) is 5.69 Å². The normalized spacial score (nSPS) is 15.9. The molecule has 3 rings (SSSR count). The number of fused-ring (bicyclic) bond motifs is 3. The van der Waals surface area contributed by atoms with Gasteiger partial charge in [-0.1, -0.05) is 12.1 Å². The molecule has 0 amide bonds. The highest BCUT2D eigenvalue weighted by molar-refractivity contribution is 7.89.